The number of carbonyl (C=O) groups excluding carboxylic acids is 1. The van der Waals surface area contributed by atoms with Crippen LogP contribution in [0.25, 0.3) is 0 Å². The first-order valence-electron chi connectivity index (χ1n) is 9.07. The van der Waals surface area contributed by atoms with Gasteiger partial charge in [0.1, 0.15) is 5.75 Å². The number of aromatic nitrogens is 3. The molecule has 0 aliphatic carbocycles. The van der Waals surface area contributed by atoms with E-state index in [0.717, 1.165) is 23.1 Å². The van der Waals surface area contributed by atoms with Gasteiger partial charge in [-0.15, -0.1) is 10.2 Å². The molecular formula is C19H19Cl2N7O2S. The van der Waals surface area contributed by atoms with Crippen molar-refractivity contribution in [1.82, 2.24) is 14.9 Å². The number of halogens is 2. The lowest BCUT2D eigenvalue weighted by atomic mass is 10.2. The number of nitrogens with two attached hydrogens (primary N) is 1. The first kappa shape index (κ1) is 22.7. The van der Waals surface area contributed by atoms with Crippen LogP contribution < -0.4 is 21.3 Å². The number of benzene rings is 2. The Morgan fingerprint density at radius 3 is 2.77 bits per heavy atom. The fourth-order valence-corrected chi connectivity index (χ4v) is 3.35. The van der Waals surface area contributed by atoms with E-state index in [4.69, 9.17) is 33.8 Å². The molecule has 0 atom stereocenters. The predicted octanol–water partition coefficient (Wildman–Crippen LogP) is 3.87. The molecule has 0 aliphatic heterocycles. The summed E-state index contributed by atoms with van der Waals surface area (Å²) in [6.07, 6.45) is 1.61. The van der Waals surface area contributed by atoms with E-state index in [1.165, 1.54) is 4.68 Å². The van der Waals surface area contributed by atoms with Crippen molar-refractivity contribution in [1.29, 1.82) is 0 Å². The van der Waals surface area contributed by atoms with E-state index in [0.29, 0.717) is 22.5 Å². The number of amides is 1. The van der Waals surface area contributed by atoms with Crippen molar-refractivity contribution in [3.05, 3.63) is 58.1 Å². The number of hydrazone groups is 1. The van der Waals surface area contributed by atoms with Crippen molar-refractivity contribution in [3.8, 4) is 5.75 Å². The Morgan fingerprint density at radius 2 is 2.03 bits per heavy atom. The van der Waals surface area contributed by atoms with E-state index in [1.807, 2.05) is 31.2 Å². The van der Waals surface area contributed by atoms with Crippen LogP contribution in [0.2, 0.25) is 10.0 Å². The molecule has 162 valence electrons. The zero-order chi connectivity index (χ0) is 22.2. The van der Waals surface area contributed by atoms with E-state index in [9.17, 15) is 4.79 Å². The number of rotatable bonds is 9. The molecule has 0 saturated carbocycles. The minimum Gasteiger partial charge on any atom is -0.494 e. The second kappa shape index (κ2) is 10.9. The Hall–Kier alpha value is -2.95. The predicted molar refractivity (Wildman–Crippen MR) is 125 cm³/mol. The van der Waals surface area contributed by atoms with Gasteiger partial charge in [-0.1, -0.05) is 41.0 Å². The third kappa shape index (κ3) is 6.27. The maximum absolute atomic E-state index is 12.2. The third-order valence-corrected chi connectivity index (χ3v) is 5.55. The SMILES string of the molecule is CCOc1ccc(/C=N/Nc2nnc(SCC(=O)Nc3cccc(Cl)c3Cl)n2N)cc1. The first-order valence-corrected chi connectivity index (χ1v) is 10.8. The Kier molecular flexibility index (Phi) is 7.99. The number of nitrogen functional groups attached to an aromatic ring is 1. The first-order chi connectivity index (χ1) is 15.0. The highest BCUT2D eigenvalue weighted by molar-refractivity contribution is 7.99. The number of nitrogens with zero attached hydrogens (tertiary/aromatic N) is 4. The minimum absolute atomic E-state index is 0.0492. The number of ether oxygens (including phenoxy) is 1. The highest BCUT2D eigenvalue weighted by Gasteiger charge is 2.13. The lowest BCUT2D eigenvalue weighted by Crippen LogP contribution is -2.17. The van der Waals surface area contributed by atoms with Crippen LogP contribution in [0.4, 0.5) is 11.6 Å². The molecule has 12 heteroatoms. The van der Waals surface area contributed by atoms with E-state index in [1.54, 1.807) is 24.4 Å². The number of nitrogens with one attached hydrogen (secondary N) is 2. The molecule has 1 heterocycles. The largest absolute Gasteiger partial charge is 0.494 e. The Balaban J connectivity index is 1.52. The van der Waals surface area contributed by atoms with Crippen molar-refractivity contribution in [2.75, 3.05) is 28.9 Å². The van der Waals surface area contributed by atoms with Gasteiger partial charge in [0.25, 0.3) is 5.95 Å². The van der Waals surface area contributed by atoms with E-state index in [2.05, 4.69) is 26.0 Å². The van der Waals surface area contributed by atoms with Gasteiger partial charge in [-0.2, -0.15) is 5.10 Å². The van der Waals surface area contributed by atoms with Gasteiger partial charge >= 0.3 is 0 Å². The monoisotopic (exact) mass is 479 g/mol. The molecule has 2 aromatic carbocycles. The van der Waals surface area contributed by atoms with Crippen molar-refractivity contribution >= 4 is 58.7 Å². The molecule has 0 radical (unpaired) electrons. The third-order valence-electron chi connectivity index (χ3n) is 3.79. The average molecular weight is 480 g/mol. The van der Waals surface area contributed by atoms with Crippen molar-refractivity contribution < 1.29 is 9.53 Å². The number of hydrogen-bond donors (Lipinski definition) is 3. The van der Waals surface area contributed by atoms with E-state index in [-0.39, 0.29) is 22.6 Å². The highest BCUT2D eigenvalue weighted by atomic mass is 35.5. The van der Waals surface area contributed by atoms with Crippen molar-refractivity contribution in [2.45, 2.75) is 12.1 Å². The fourth-order valence-electron chi connectivity index (χ4n) is 2.35. The molecule has 0 fully saturated rings. The summed E-state index contributed by atoms with van der Waals surface area (Å²) in [5.74, 6) is 6.74. The van der Waals surface area contributed by atoms with Gasteiger partial charge in [-0.05, 0) is 48.9 Å². The summed E-state index contributed by atoms with van der Waals surface area (Å²) in [4.78, 5) is 12.2. The van der Waals surface area contributed by atoms with Gasteiger partial charge in [-0.25, -0.2) is 10.1 Å². The quantitative estimate of drug-likeness (QED) is 0.184. The summed E-state index contributed by atoms with van der Waals surface area (Å²) in [5, 5.41) is 15.6. The molecular weight excluding hydrogens is 461 g/mol. The van der Waals surface area contributed by atoms with Gasteiger partial charge in [0.2, 0.25) is 11.1 Å². The van der Waals surface area contributed by atoms with Crippen molar-refractivity contribution in [2.24, 2.45) is 5.10 Å². The van der Waals surface area contributed by atoms with Gasteiger partial charge in [-0.3, -0.25) is 4.79 Å². The van der Waals surface area contributed by atoms with Crippen LogP contribution in [0.1, 0.15) is 12.5 Å². The second-order valence-electron chi connectivity index (χ2n) is 5.99. The van der Waals surface area contributed by atoms with Crippen LogP contribution in [0.3, 0.4) is 0 Å². The van der Waals surface area contributed by atoms with E-state index >= 15 is 0 Å². The zero-order valence-electron chi connectivity index (χ0n) is 16.4. The molecule has 0 unspecified atom stereocenters. The van der Waals surface area contributed by atoms with Crippen LogP contribution in [0.5, 0.6) is 5.75 Å². The highest BCUT2D eigenvalue weighted by Crippen LogP contribution is 2.29. The second-order valence-corrected chi connectivity index (χ2v) is 7.71. The molecule has 0 spiro atoms. The molecule has 0 aliphatic rings. The topological polar surface area (TPSA) is 119 Å². The maximum atomic E-state index is 12.2. The molecule has 1 aromatic heterocycles. The van der Waals surface area contributed by atoms with Gasteiger partial charge < -0.3 is 15.9 Å². The summed E-state index contributed by atoms with van der Waals surface area (Å²) >= 11 is 13.1. The summed E-state index contributed by atoms with van der Waals surface area (Å²) in [5.41, 5.74) is 4.02. The van der Waals surface area contributed by atoms with Crippen LogP contribution >= 0.6 is 35.0 Å². The fraction of sp³-hybridized carbons (Fsp3) is 0.158. The standard InChI is InChI=1S/C19H19Cl2N7O2S/c1-2-30-13-8-6-12(7-9-13)10-23-25-18-26-27-19(28(18)22)31-11-16(29)24-15-5-3-4-14(20)17(15)21/h3-10H,2,11,22H2,1H3,(H,24,29)(H,25,26)/b23-10+. The normalized spacial score (nSPS) is 10.9. The Morgan fingerprint density at radius 1 is 1.26 bits per heavy atom. The number of hydrogen-bond acceptors (Lipinski definition) is 8. The Labute approximate surface area is 192 Å². The van der Waals surface area contributed by atoms with Gasteiger partial charge in [0.15, 0.2) is 0 Å². The van der Waals surface area contributed by atoms with Crippen LogP contribution in [-0.4, -0.2) is 39.4 Å². The summed E-state index contributed by atoms with van der Waals surface area (Å²) in [6.45, 7) is 2.54. The smallest absolute Gasteiger partial charge is 0.264 e. The van der Waals surface area contributed by atoms with Gasteiger partial charge in [0.05, 0.1) is 34.3 Å². The molecule has 3 rings (SSSR count). The molecule has 9 nitrogen and oxygen atoms in total. The Bertz CT molecular complexity index is 1070. The number of thioether (sulfide) groups is 1. The van der Waals surface area contributed by atoms with Crippen molar-refractivity contribution in [3.63, 3.8) is 0 Å². The van der Waals surface area contributed by atoms with E-state index < -0.39 is 0 Å². The maximum Gasteiger partial charge on any atom is 0.264 e. The summed E-state index contributed by atoms with van der Waals surface area (Å²) in [6, 6.07) is 12.4. The molecule has 0 saturated heterocycles. The lowest BCUT2D eigenvalue weighted by Gasteiger charge is -2.08. The van der Waals surface area contributed by atoms with Crippen LogP contribution in [0.15, 0.2) is 52.7 Å². The number of carbonyl (C=O) groups is 1. The lowest BCUT2D eigenvalue weighted by molar-refractivity contribution is -0.113. The molecule has 4 N–H and O–H groups in total. The molecule has 0 bridgehead atoms. The minimum atomic E-state index is -0.291. The molecule has 31 heavy (non-hydrogen) atoms. The summed E-state index contributed by atoms with van der Waals surface area (Å²) in [7, 11) is 0. The zero-order valence-corrected chi connectivity index (χ0v) is 18.7. The number of anilines is 2. The van der Waals surface area contributed by atoms with Gasteiger partial charge in [0, 0.05) is 0 Å². The average Bonchev–Trinajstić information content (AvgIpc) is 3.11. The van der Waals surface area contributed by atoms with Crippen LogP contribution in [-0.2, 0) is 4.79 Å². The molecule has 3 aromatic rings. The summed E-state index contributed by atoms with van der Waals surface area (Å²) < 4.78 is 6.60. The molecule has 1 amide bonds. The van der Waals surface area contributed by atoms with Crippen LogP contribution in [0, 0.1) is 0 Å².